The lowest BCUT2D eigenvalue weighted by atomic mass is 10.2. The van der Waals surface area contributed by atoms with Crippen LogP contribution in [0.5, 0.6) is 0 Å². The van der Waals surface area contributed by atoms with Gasteiger partial charge in [-0.15, -0.1) is 0 Å². The predicted molar refractivity (Wildman–Crippen MR) is 72.1 cm³/mol. The molecule has 0 aromatic heterocycles. The van der Waals surface area contributed by atoms with Crippen molar-refractivity contribution >= 4 is 15.9 Å². The van der Waals surface area contributed by atoms with Crippen molar-refractivity contribution in [2.45, 2.75) is 31.1 Å². The zero-order valence-electron chi connectivity index (χ0n) is 10.4. The third-order valence-electron chi connectivity index (χ3n) is 2.50. The first-order valence-corrected chi connectivity index (χ1v) is 7.29. The van der Waals surface area contributed by atoms with Crippen LogP contribution in [0.25, 0.3) is 0 Å². The topological polar surface area (TPSA) is 96.0 Å². The van der Waals surface area contributed by atoms with Crippen molar-refractivity contribution < 1.29 is 8.42 Å². The van der Waals surface area contributed by atoms with E-state index in [0.29, 0.717) is 25.8 Å². The van der Waals surface area contributed by atoms with E-state index in [1.165, 1.54) is 0 Å². The number of unbranched alkanes of at least 4 members (excludes halogenated alkanes) is 1. The van der Waals surface area contributed by atoms with E-state index in [4.69, 9.17) is 11.1 Å². The molecule has 4 N–H and O–H groups in total. The SMILES string of the molecule is Cc1ccc(S(=O)(=O)NCCCCC(=N)N)cc1. The van der Waals surface area contributed by atoms with Crippen LogP contribution < -0.4 is 10.5 Å². The van der Waals surface area contributed by atoms with Crippen LogP contribution in [-0.2, 0) is 10.0 Å². The second kappa shape index (κ2) is 6.51. The third kappa shape index (κ3) is 4.85. The molecule has 0 radical (unpaired) electrons. The zero-order chi connectivity index (χ0) is 13.6. The van der Waals surface area contributed by atoms with Crippen molar-refractivity contribution in [1.29, 1.82) is 5.41 Å². The molecule has 6 heteroatoms. The summed E-state index contributed by atoms with van der Waals surface area (Å²) < 4.78 is 26.3. The van der Waals surface area contributed by atoms with Gasteiger partial charge in [0.2, 0.25) is 10.0 Å². The monoisotopic (exact) mass is 269 g/mol. The van der Waals surface area contributed by atoms with E-state index < -0.39 is 10.0 Å². The lowest BCUT2D eigenvalue weighted by Crippen LogP contribution is -2.25. The molecular weight excluding hydrogens is 250 g/mol. The maximum absolute atomic E-state index is 11.9. The van der Waals surface area contributed by atoms with E-state index in [0.717, 1.165) is 5.56 Å². The van der Waals surface area contributed by atoms with Crippen molar-refractivity contribution in [3.05, 3.63) is 29.8 Å². The summed E-state index contributed by atoms with van der Waals surface area (Å²) in [6, 6.07) is 6.72. The van der Waals surface area contributed by atoms with Gasteiger partial charge in [0.05, 0.1) is 10.7 Å². The van der Waals surface area contributed by atoms with Crippen molar-refractivity contribution in [2.24, 2.45) is 5.73 Å². The summed E-state index contributed by atoms with van der Waals surface area (Å²) in [5, 5.41) is 7.05. The molecule has 0 fully saturated rings. The van der Waals surface area contributed by atoms with Crippen LogP contribution in [0.15, 0.2) is 29.2 Å². The smallest absolute Gasteiger partial charge is 0.240 e. The van der Waals surface area contributed by atoms with Crippen molar-refractivity contribution in [1.82, 2.24) is 4.72 Å². The number of benzene rings is 1. The van der Waals surface area contributed by atoms with Gasteiger partial charge >= 0.3 is 0 Å². The zero-order valence-corrected chi connectivity index (χ0v) is 11.3. The molecule has 5 nitrogen and oxygen atoms in total. The molecule has 0 atom stereocenters. The molecule has 0 amide bonds. The van der Waals surface area contributed by atoms with E-state index >= 15 is 0 Å². The molecule has 1 aromatic rings. The van der Waals surface area contributed by atoms with Gasteiger partial charge in [-0.25, -0.2) is 13.1 Å². The first-order valence-electron chi connectivity index (χ1n) is 5.81. The van der Waals surface area contributed by atoms with Gasteiger partial charge in [-0.1, -0.05) is 17.7 Å². The Kier molecular flexibility index (Phi) is 5.30. The summed E-state index contributed by atoms with van der Waals surface area (Å²) in [6.07, 6.45) is 1.89. The number of aryl methyl sites for hydroxylation is 1. The van der Waals surface area contributed by atoms with E-state index in [1.807, 2.05) is 6.92 Å². The number of sulfonamides is 1. The molecule has 0 aliphatic carbocycles. The maximum atomic E-state index is 11.9. The summed E-state index contributed by atoms with van der Waals surface area (Å²) in [4.78, 5) is 0.277. The first-order chi connectivity index (χ1) is 8.42. The standard InChI is InChI=1S/C12H19N3O2S/c1-10-5-7-11(8-6-10)18(16,17)15-9-3-2-4-12(13)14/h5-8,15H,2-4,9H2,1H3,(H3,13,14). The average molecular weight is 269 g/mol. The summed E-state index contributed by atoms with van der Waals surface area (Å²) >= 11 is 0. The Labute approximate surface area is 108 Å². The van der Waals surface area contributed by atoms with Gasteiger partial charge < -0.3 is 5.73 Å². The molecular formula is C12H19N3O2S. The second-order valence-electron chi connectivity index (χ2n) is 4.19. The highest BCUT2D eigenvalue weighted by Crippen LogP contribution is 2.09. The fourth-order valence-corrected chi connectivity index (χ4v) is 2.52. The van der Waals surface area contributed by atoms with Crippen LogP contribution in [0.1, 0.15) is 24.8 Å². The summed E-state index contributed by atoms with van der Waals surface area (Å²) in [5.74, 6) is 0.136. The van der Waals surface area contributed by atoms with Crippen LogP contribution in [-0.4, -0.2) is 20.8 Å². The minimum atomic E-state index is -3.41. The average Bonchev–Trinajstić information content (AvgIpc) is 2.28. The Hall–Kier alpha value is -1.40. The van der Waals surface area contributed by atoms with Gasteiger partial charge in [0.25, 0.3) is 0 Å². The van der Waals surface area contributed by atoms with Gasteiger partial charge in [0.15, 0.2) is 0 Å². The molecule has 0 bridgehead atoms. The van der Waals surface area contributed by atoms with Crippen molar-refractivity contribution in [3.63, 3.8) is 0 Å². The number of nitrogens with one attached hydrogen (secondary N) is 2. The number of rotatable bonds is 7. The Morgan fingerprint density at radius 3 is 2.44 bits per heavy atom. The Balaban J connectivity index is 2.45. The molecule has 100 valence electrons. The van der Waals surface area contributed by atoms with Crippen LogP contribution in [0, 0.1) is 12.3 Å². The Morgan fingerprint density at radius 2 is 1.89 bits per heavy atom. The molecule has 18 heavy (non-hydrogen) atoms. The molecule has 1 rings (SSSR count). The van der Waals surface area contributed by atoms with Crippen LogP contribution in [0.4, 0.5) is 0 Å². The number of amidine groups is 1. The molecule has 1 aromatic carbocycles. The van der Waals surface area contributed by atoms with Crippen LogP contribution >= 0.6 is 0 Å². The molecule has 0 spiro atoms. The Morgan fingerprint density at radius 1 is 1.28 bits per heavy atom. The number of nitrogens with two attached hydrogens (primary N) is 1. The summed E-state index contributed by atoms with van der Waals surface area (Å²) in [7, 11) is -3.41. The number of hydrogen-bond donors (Lipinski definition) is 3. The lowest BCUT2D eigenvalue weighted by Gasteiger charge is -2.06. The van der Waals surface area contributed by atoms with Gasteiger partial charge in [-0.05, 0) is 31.9 Å². The fraction of sp³-hybridized carbons (Fsp3) is 0.417. The van der Waals surface area contributed by atoms with Crippen LogP contribution in [0.3, 0.4) is 0 Å². The molecule has 0 heterocycles. The van der Waals surface area contributed by atoms with Crippen molar-refractivity contribution in [2.75, 3.05) is 6.54 Å². The van der Waals surface area contributed by atoms with Crippen molar-refractivity contribution in [3.8, 4) is 0 Å². The fourth-order valence-electron chi connectivity index (χ4n) is 1.45. The normalized spacial score (nSPS) is 11.4. The molecule has 0 aliphatic heterocycles. The molecule has 0 saturated heterocycles. The maximum Gasteiger partial charge on any atom is 0.240 e. The van der Waals surface area contributed by atoms with E-state index in [-0.39, 0.29) is 10.7 Å². The first kappa shape index (κ1) is 14.7. The summed E-state index contributed by atoms with van der Waals surface area (Å²) in [6.45, 7) is 2.27. The number of hydrogen-bond acceptors (Lipinski definition) is 3. The van der Waals surface area contributed by atoms with E-state index in [1.54, 1.807) is 24.3 Å². The third-order valence-corrected chi connectivity index (χ3v) is 3.97. The van der Waals surface area contributed by atoms with Gasteiger partial charge in [0, 0.05) is 13.0 Å². The highest BCUT2D eigenvalue weighted by atomic mass is 32.2. The Bertz CT molecular complexity index is 495. The predicted octanol–water partition coefficient (Wildman–Crippen LogP) is 1.38. The highest BCUT2D eigenvalue weighted by molar-refractivity contribution is 7.89. The van der Waals surface area contributed by atoms with Gasteiger partial charge in [-0.3, -0.25) is 5.41 Å². The quantitative estimate of drug-likeness (QED) is 0.396. The van der Waals surface area contributed by atoms with Gasteiger partial charge in [0.1, 0.15) is 0 Å². The minimum Gasteiger partial charge on any atom is -0.388 e. The van der Waals surface area contributed by atoms with E-state index in [2.05, 4.69) is 4.72 Å². The largest absolute Gasteiger partial charge is 0.388 e. The molecule has 0 saturated carbocycles. The lowest BCUT2D eigenvalue weighted by molar-refractivity contribution is 0.577. The molecule has 0 unspecified atom stereocenters. The van der Waals surface area contributed by atoms with Crippen LogP contribution in [0.2, 0.25) is 0 Å². The van der Waals surface area contributed by atoms with E-state index in [9.17, 15) is 8.42 Å². The minimum absolute atomic E-state index is 0.136. The highest BCUT2D eigenvalue weighted by Gasteiger charge is 2.12. The summed E-state index contributed by atoms with van der Waals surface area (Å²) in [5.41, 5.74) is 6.23. The van der Waals surface area contributed by atoms with Gasteiger partial charge in [-0.2, -0.15) is 0 Å². The molecule has 0 aliphatic rings. The second-order valence-corrected chi connectivity index (χ2v) is 5.96.